The normalized spacial score (nSPS) is 15.1. The molecule has 0 unspecified atom stereocenters. The van der Waals surface area contributed by atoms with Crippen LogP contribution in [0.2, 0.25) is 15.1 Å². The summed E-state index contributed by atoms with van der Waals surface area (Å²) in [5.41, 5.74) is 4.06. The van der Waals surface area contributed by atoms with Crippen molar-refractivity contribution in [3.63, 3.8) is 0 Å². The lowest BCUT2D eigenvalue weighted by Crippen LogP contribution is -2.40. The topological polar surface area (TPSA) is 101 Å². The molecule has 0 atom stereocenters. The zero-order valence-corrected chi connectivity index (χ0v) is 25.5. The first-order chi connectivity index (χ1) is 20.1. The van der Waals surface area contributed by atoms with Gasteiger partial charge in [-0.15, -0.1) is 0 Å². The van der Waals surface area contributed by atoms with Gasteiger partial charge in [-0.1, -0.05) is 46.9 Å². The Morgan fingerprint density at radius 3 is 2.36 bits per heavy atom. The van der Waals surface area contributed by atoms with Crippen LogP contribution in [0, 0.1) is 5.92 Å². The Balaban J connectivity index is 1.19. The molecule has 8 nitrogen and oxygen atoms in total. The average Bonchev–Trinajstić information content (AvgIpc) is 3.70. The molecule has 0 bridgehead atoms. The van der Waals surface area contributed by atoms with Crippen molar-refractivity contribution in [2.75, 3.05) is 19.6 Å². The number of hydrogen-bond acceptors (Lipinski definition) is 4. The van der Waals surface area contributed by atoms with Crippen LogP contribution in [0.1, 0.15) is 34.5 Å². The van der Waals surface area contributed by atoms with Crippen LogP contribution in [0.4, 0.5) is 4.79 Å². The number of nitrogens with zero attached hydrogens (tertiary/aromatic N) is 2. The molecule has 6 rings (SSSR count). The fraction of sp³-hybridized carbons (Fsp3) is 0.267. The van der Waals surface area contributed by atoms with Crippen LogP contribution < -0.4 is 10.0 Å². The summed E-state index contributed by atoms with van der Waals surface area (Å²) in [6.45, 7) is 1.65. The maximum absolute atomic E-state index is 13.8. The second kappa shape index (κ2) is 11.4. The van der Waals surface area contributed by atoms with E-state index in [2.05, 4.69) is 5.32 Å². The number of sulfonamides is 1. The van der Waals surface area contributed by atoms with Gasteiger partial charge >= 0.3 is 6.03 Å². The maximum Gasteiger partial charge on any atom is 0.328 e. The Labute approximate surface area is 258 Å². The molecular formula is C30H27Cl3N4O4S. The third-order valence-electron chi connectivity index (χ3n) is 7.63. The molecule has 1 aliphatic heterocycles. The zero-order chi connectivity index (χ0) is 29.6. The summed E-state index contributed by atoms with van der Waals surface area (Å²) in [6.07, 6.45) is 3.51. The van der Waals surface area contributed by atoms with Gasteiger partial charge < -0.3 is 14.8 Å². The smallest absolute Gasteiger partial charge is 0.328 e. The average molecular weight is 646 g/mol. The molecule has 1 aromatic heterocycles. The van der Waals surface area contributed by atoms with E-state index in [1.54, 1.807) is 6.07 Å². The number of fused-ring (bicyclic) bond motifs is 3. The molecule has 3 aromatic carbocycles. The predicted molar refractivity (Wildman–Crippen MR) is 165 cm³/mol. The molecule has 1 saturated carbocycles. The van der Waals surface area contributed by atoms with Crippen LogP contribution in [-0.4, -0.2) is 49.5 Å². The van der Waals surface area contributed by atoms with E-state index in [0.717, 1.165) is 53.5 Å². The molecule has 42 heavy (non-hydrogen) atoms. The predicted octanol–water partition coefficient (Wildman–Crippen LogP) is 6.23. The molecule has 3 amide bonds. The number of carbonyl (C=O) groups is 2. The highest BCUT2D eigenvalue weighted by atomic mass is 35.5. The summed E-state index contributed by atoms with van der Waals surface area (Å²) in [4.78, 5) is 27.9. The van der Waals surface area contributed by atoms with Crippen LogP contribution in [-0.2, 0) is 22.9 Å². The van der Waals surface area contributed by atoms with Gasteiger partial charge in [-0.05, 0) is 91.3 Å². The molecule has 1 aliphatic carbocycles. The lowest BCUT2D eigenvalue weighted by molar-refractivity contribution is 0.0724. The Kier molecular flexibility index (Phi) is 7.87. The van der Waals surface area contributed by atoms with Gasteiger partial charge in [-0.3, -0.25) is 4.79 Å². The van der Waals surface area contributed by atoms with Gasteiger partial charge in [0.2, 0.25) is 0 Å². The van der Waals surface area contributed by atoms with Gasteiger partial charge in [-0.2, -0.15) is 0 Å². The summed E-state index contributed by atoms with van der Waals surface area (Å²) in [6, 6.07) is 15.9. The van der Waals surface area contributed by atoms with E-state index < -0.39 is 16.1 Å². The second-order valence-corrected chi connectivity index (χ2v) is 13.6. The minimum absolute atomic E-state index is 0.000574. The number of urea groups is 1. The highest BCUT2D eigenvalue weighted by Crippen LogP contribution is 2.40. The molecule has 1 fully saturated rings. The SMILES string of the molecule is O=C(NCCc1ccc(-n2c3c(c4c(Cl)cc(Cl)cc42)CCN(CC2CC2)C3=O)cc1)NS(=O)(=O)c1ccc(Cl)cc1. The molecule has 0 saturated heterocycles. The molecule has 2 aliphatic rings. The van der Waals surface area contributed by atoms with E-state index in [1.165, 1.54) is 24.3 Å². The van der Waals surface area contributed by atoms with Crippen molar-refractivity contribution < 1.29 is 18.0 Å². The Morgan fingerprint density at radius 2 is 1.67 bits per heavy atom. The van der Waals surface area contributed by atoms with Crippen LogP contribution in [0.25, 0.3) is 16.6 Å². The van der Waals surface area contributed by atoms with Crippen LogP contribution in [0.5, 0.6) is 0 Å². The monoisotopic (exact) mass is 644 g/mol. The number of benzene rings is 3. The molecule has 2 N–H and O–H groups in total. The molecule has 0 spiro atoms. The first kappa shape index (κ1) is 28.9. The number of amides is 3. The van der Waals surface area contributed by atoms with Crippen LogP contribution in [0.3, 0.4) is 0 Å². The Morgan fingerprint density at radius 1 is 0.952 bits per heavy atom. The van der Waals surface area contributed by atoms with Crippen LogP contribution >= 0.6 is 34.8 Å². The summed E-state index contributed by atoms with van der Waals surface area (Å²) in [7, 11) is -4.02. The van der Waals surface area contributed by atoms with Crippen molar-refractivity contribution in [2.45, 2.75) is 30.6 Å². The van der Waals surface area contributed by atoms with E-state index in [4.69, 9.17) is 34.8 Å². The first-order valence-corrected chi connectivity index (χ1v) is 16.2. The minimum atomic E-state index is -4.02. The van der Waals surface area contributed by atoms with E-state index in [-0.39, 0.29) is 17.3 Å². The quantitative estimate of drug-likeness (QED) is 0.237. The van der Waals surface area contributed by atoms with Crippen molar-refractivity contribution in [3.8, 4) is 5.69 Å². The number of nitrogens with one attached hydrogen (secondary N) is 2. The molecular weight excluding hydrogens is 619 g/mol. The molecule has 0 radical (unpaired) electrons. The molecule has 218 valence electrons. The first-order valence-electron chi connectivity index (χ1n) is 13.6. The van der Waals surface area contributed by atoms with Gasteiger partial charge in [0.25, 0.3) is 15.9 Å². The number of rotatable bonds is 8. The van der Waals surface area contributed by atoms with E-state index in [0.29, 0.717) is 39.6 Å². The number of halogens is 3. The lowest BCUT2D eigenvalue weighted by Gasteiger charge is -2.28. The summed E-state index contributed by atoms with van der Waals surface area (Å²) in [5.74, 6) is 0.582. The number of hydrogen-bond donors (Lipinski definition) is 2. The minimum Gasteiger partial charge on any atom is -0.337 e. The van der Waals surface area contributed by atoms with Gasteiger partial charge in [0.05, 0.1) is 15.4 Å². The molecule has 2 heterocycles. The standard InChI is InChI=1S/C30H27Cl3N4O4S/c31-20-5-9-23(10-6-20)42(40,41)35-30(39)34-13-11-18-3-7-22(8-4-18)37-26-16-21(32)15-25(33)27(26)24-12-14-36(17-19-1-2-19)29(38)28(24)37/h3-10,15-16,19H,1-2,11-14,17H2,(H2,34,35,39). The Bertz CT molecular complexity index is 1800. The van der Waals surface area contributed by atoms with Crippen molar-refractivity contribution in [3.05, 3.63) is 92.6 Å². The van der Waals surface area contributed by atoms with Gasteiger partial charge in [-0.25, -0.2) is 17.9 Å². The summed E-state index contributed by atoms with van der Waals surface area (Å²) in [5, 5.41) is 4.84. The molecule has 4 aromatic rings. The van der Waals surface area contributed by atoms with Gasteiger partial charge in [0.15, 0.2) is 0 Å². The van der Waals surface area contributed by atoms with Crippen molar-refractivity contribution in [1.82, 2.24) is 19.5 Å². The fourth-order valence-corrected chi connectivity index (χ4v) is 7.04. The molecule has 12 heteroatoms. The lowest BCUT2D eigenvalue weighted by atomic mass is 10.0. The van der Waals surface area contributed by atoms with E-state index in [9.17, 15) is 18.0 Å². The highest BCUT2D eigenvalue weighted by molar-refractivity contribution is 7.90. The highest BCUT2D eigenvalue weighted by Gasteiger charge is 2.35. The van der Waals surface area contributed by atoms with E-state index in [1.807, 2.05) is 44.5 Å². The van der Waals surface area contributed by atoms with Crippen molar-refractivity contribution in [2.24, 2.45) is 5.92 Å². The third-order valence-corrected chi connectivity index (χ3v) is 9.74. The summed E-state index contributed by atoms with van der Waals surface area (Å²) < 4.78 is 28.8. The number of aromatic nitrogens is 1. The maximum atomic E-state index is 13.8. The van der Waals surface area contributed by atoms with Gasteiger partial charge in [0, 0.05) is 40.8 Å². The fourth-order valence-electron chi connectivity index (χ4n) is 5.39. The van der Waals surface area contributed by atoms with Crippen molar-refractivity contribution in [1.29, 1.82) is 0 Å². The zero-order valence-electron chi connectivity index (χ0n) is 22.4. The third kappa shape index (κ3) is 5.83. The second-order valence-electron chi connectivity index (χ2n) is 10.6. The Hall–Kier alpha value is -3.24. The summed E-state index contributed by atoms with van der Waals surface area (Å²) >= 11 is 18.9. The van der Waals surface area contributed by atoms with Gasteiger partial charge in [0.1, 0.15) is 5.69 Å². The van der Waals surface area contributed by atoms with E-state index >= 15 is 0 Å². The number of carbonyl (C=O) groups excluding carboxylic acids is 2. The van der Waals surface area contributed by atoms with Crippen LogP contribution in [0.15, 0.2) is 65.6 Å². The largest absolute Gasteiger partial charge is 0.337 e. The van der Waals surface area contributed by atoms with Crippen molar-refractivity contribution >= 4 is 67.7 Å².